The van der Waals surface area contributed by atoms with Gasteiger partial charge in [0.1, 0.15) is 5.76 Å². The lowest BCUT2D eigenvalue weighted by Gasteiger charge is -2.25. The van der Waals surface area contributed by atoms with E-state index in [2.05, 4.69) is 25.1 Å². The maximum absolute atomic E-state index is 13.6. The molecule has 3 aromatic rings. The lowest BCUT2D eigenvalue weighted by Crippen LogP contribution is -2.31. The molecule has 4 rings (SSSR count). The molecule has 0 N–H and O–H groups in total. The van der Waals surface area contributed by atoms with E-state index in [0.29, 0.717) is 0 Å². The van der Waals surface area contributed by atoms with Crippen molar-refractivity contribution in [2.45, 2.75) is 53.5 Å². The fourth-order valence-electron chi connectivity index (χ4n) is 4.27. The summed E-state index contributed by atoms with van der Waals surface area (Å²) in [7, 11) is 0. The first-order valence-electron chi connectivity index (χ1n) is 9.49. The smallest absolute Gasteiger partial charge is 0.255 e. The van der Waals surface area contributed by atoms with Gasteiger partial charge in [0.15, 0.2) is 0 Å². The third-order valence-corrected chi connectivity index (χ3v) is 5.80. The van der Waals surface area contributed by atoms with E-state index in [-0.39, 0.29) is 11.9 Å². The number of amides is 1. The molecule has 0 unspecified atom stereocenters. The number of aryl methyl sites for hydroxylation is 5. The molecule has 1 saturated heterocycles. The van der Waals surface area contributed by atoms with Crippen LogP contribution >= 0.6 is 0 Å². The van der Waals surface area contributed by atoms with Gasteiger partial charge >= 0.3 is 0 Å². The maximum Gasteiger partial charge on any atom is 0.255 e. The van der Waals surface area contributed by atoms with Crippen LogP contribution in [0.1, 0.15) is 63.1 Å². The Kier molecular flexibility index (Phi) is 4.25. The van der Waals surface area contributed by atoms with Crippen molar-refractivity contribution in [2.75, 3.05) is 6.54 Å². The molecule has 1 fully saturated rings. The van der Waals surface area contributed by atoms with Crippen molar-refractivity contribution >= 4 is 16.8 Å². The SMILES string of the molecule is Cc1cc(C(=O)N2CCC[C@H]2c2c(C)noc2C)c2ccc(C)c(C)c2n1. The highest BCUT2D eigenvalue weighted by Crippen LogP contribution is 2.37. The summed E-state index contributed by atoms with van der Waals surface area (Å²) in [6.45, 7) is 10.7. The van der Waals surface area contributed by atoms with Gasteiger partial charge in [-0.2, -0.15) is 0 Å². The van der Waals surface area contributed by atoms with E-state index in [0.717, 1.165) is 64.1 Å². The van der Waals surface area contributed by atoms with E-state index < -0.39 is 0 Å². The highest BCUT2D eigenvalue weighted by molar-refractivity contribution is 6.07. The van der Waals surface area contributed by atoms with Crippen LogP contribution in [0.5, 0.6) is 0 Å². The number of hydrogen-bond donors (Lipinski definition) is 0. The van der Waals surface area contributed by atoms with Crippen LogP contribution < -0.4 is 0 Å². The summed E-state index contributed by atoms with van der Waals surface area (Å²) < 4.78 is 5.36. The number of aromatic nitrogens is 2. The van der Waals surface area contributed by atoms with E-state index in [1.54, 1.807) is 0 Å². The monoisotopic (exact) mass is 363 g/mol. The van der Waals surface area contributed by atoms with Crippen LogP contribution in [-0.4, -0.2) is 27.5 Å². The summed E-state index contributed by atoms with van der Waals surface area (Å²) in [5.74, 6) is 0.871. The largest absolute Gasteiger partial charge is 0.361 e. The molecular formula is C22H25N3O2. The Morgan fingerprint density at radius 2 is 1.96 bits per heavy atom. The van der Waals surface area contributed by atoms with Gasteiger partial charge in [-0.3, -0.25) is 9.78 Å². The third kappa shape index (κ3) is 2.82. The molecule has 1 aliphatic heterocycles. The van der Waals surface area contributed by atoms with Crippen LogP contribution in [0.15, 0.2) is 22.7 Å². The molecule has 0 saturated carbocycles. The maximum atomic E-state index is 13.6. The predicted molar refractivity (Wildman–Crippen MR) is 105 cm³/mol. The zero-order chi connectivity index (χ0) is 19.3. The number of carbonyl (C=O) groups excluding carboxylic acids is 1. The van der Waals surface area contributed by atoms with Crippen LogP contribution in [0.2, 0.25) is 0 Å². The Morgan fingerprint density at radius 3 is 2.67 bits per heavy atom. The van der Waals surface area contributed by atoms with Gasteiger partial charge in [-0.15, -0.1) is 0 Å². The normalized spacial score (nSPS) is 17.1. The molecule has 27 heavy (non-hydrogen) atoms. The van der Waals surface area contributed by atoms with Gasteiger partial charge in [-0.1, -0.05) is 17.3 Å². The average molecular weight is 363 g/mol. The molecule has 0 aliphatic carbocycles. The van der Waals surface area contributed by atoms with E-state index in [1.807, 2.05) is 37.8 Å². The minimum absolute atomic E-state index is 0.0267. The molecule has 1 amide bonds. The van der Waals surface area contributed by atoms with Crippen molar-refractivity contribution in [1.82, 2.24) is 15.0 Å². The van der Waals surface area contributed by atoms with Gasteiger partial charge in [-0.25, -0.2) is 0 Å². The van der Waals surface area contributed by atoms with Crippen molar-refractivity contribution in [3.05, 3.63) is 57.6 Å². The van der Waals surface area contributed by atoms with Crippen LogP contribution in [0.25, 0.3) is 10.9 Å². The van der Waals surface area contributed by atoms with Gasteiger partial charge < -0.3 is 9.42 Å². The molecule has 1 aliphatic rings. The van der Waals surface area contributed by atoms with Crippen molar-refractivity contribution in [2.24, 2.45) is 0 Å². The number of fused-ring (bicyclic) bond motifs is 1. The van der Waals surface area contributed by atoms with Gasteiger partial charge in [0.2, 0.25) is 0 Å². The number of rotatable bonds is 2. The van der Waals surface area contributed by atoms with Crippen LogP contribution in [0.3, 0.4) is 0 Å². The summed E-state index contributed by atoms with van der Waals surface area (Å²) in [6, 6.07) is 6.04. The molecule has 0 spiro atoms. The molecule has 5 heteroatoms. The summed E-state index contributed by atoms with van der Waals surface area (Å²) in [6.07, 6.45) is 1.93. The second-order valence-electron chi connectivity index (χ2n) is 7.61. The molecule has 0 radical (unpaired) electrons. The zero-order valence-electron chi connectivity index (χ0n) is 16.6. The zero-order valence-corrected chi connectivity index (χ0v) is 16.6. The Hall–Kier alpha value is -2.69. The fourth-order valence-corrected chi connectivity index (χ4v) is 4.27. The van der Waals surface area contributed by atoms with E-state index in [4.69, 9.17) is 9.51 Å². The van der Waals surface area contributed by atoms with Crippen LogP contribution in [-0.2, 0) is 0 Å². The predicted octanol–water partition coefficient (Wildman–Crippen LogP) is 4.74. The number of carbonyl (C=O) groups is 1. The van der Waals surface area contributed by atoms with Gasteiger partial charge in [0.25, 0.3) is 5.91 Å². The molecule has 0 bridgehead atoms. The van der Waals surface area contributed by atoms with E-state index in [9.17, 15) is 4.79 Å². The number of pyridine rings is 1. The number of nitrogens with zero attached hydrogens (tertiary/aromatic N) is 3. The summed E-state index contributed by atoms with van der Waals surface area (Å²) in [5.41, 5.74) is 6.78. The Balaban J connectivity index is 1.82. The average Bonchev–Trinajstić information content (AvgIpc) is 3.23. The van der Waals surface area contributed by atoms with Crippen LogP contribution in [0, 0.1) is 34.6 Å². The first kappa shape index (κ1) is 17.7. The Bertz CT molecular complexity index is 1030. The molecule has 3 heterocycles. The van der Waals surface area contributed by atoms with Crippen molar-refractivity contribution in [1.29, 1.82) is 0 Å². The first-order valence-corrected chi connectivity index (χ1v) is 9.49. The molecule has 2 aromatic heterocycles. The van der Waals surface area contributed by atoms with Gasteiger partial charge in [0.05, 0.1) is 22.8 Å². The molecule has 5 nitrogen and oxygen atoms in total. The lowest BCUT2D eigenvalue weighted by atomic mass is 9.99. The van der Waals surface area contributed by atoms with Crippen molar-refractivity contribution in [3.63, 3.8) is 0 Å². The van der Waals surface area contributed by atoms with Crippen molar-refractivity contribution in [3.8, 4) is 0 Å². The lowest BCUT2D eigenvalue weighted by molar-refractivity contribution is 0.0736. The van der Waals surface area contributed by atoms with Gasteiger partial charge in [0, 0.05) is 23.2 Å². The molecular weight excluding hydrogens is 338 g/mol. The molecule has 1 aromatic carbocycles. The minimum atomic E-state index is 0.0267. The molecule has 1 atom stereocenters. The number of likely N-dealkylation sites (tertiary alicyclic amines) is 1. The van der Waals surface area contributed by atoms with E-state index >= 15 is 0 Å². The highest BCUT2D eigenvalue weighted by atomic mass is 16.5. The van der Waals surface area contributed by atoms with Crippen molar-refractivity contribution < 1.29 is 9.32 Å². The Morgan fingerprint density at radius 1 is 1.19 bits per heavy atom. The second-order valence-corrected chi connectivity index (χ2v) is 7.61. The number of hydrogen-bond acceptors (Lipinski definition) is 4. The topological polar surface area (TPSA) is 59.2 Å². The number of benzene rings is 1. The summed E-state index contributed by atoms with van der Waals surface area (Å²) in [5, 5.41) is 5.02. The summed E-state index contributed by atoms with van der Waals surface area (Å²) in [4.78, 5) is 20.3. The Labute approximate surface area is 159 Å². The second kappa shape index (κ2) is 6.48. The fraction of sp³-hybridized carbons (Fsp3) is 0.409. The standard InChI is InChI=1S/C22H25N3O2/c1-12-8-9-17-18(11-13(2)23-21(17)14(12)3)22(26)25-10-6-7-19(25)20-15(4)24-27-16(20)5/h8-9,11,19H,6-7,10H2,1-5H3/t19-/m0/s1. The molecule has 140 valence electrons. The minimum Gasteiger partial charge on any atom is -0.361 e. The van der Waals surface area contributed by atoms with E-state index in [1.165, 1.54) is 5.56 Å². The van der Waals surface area contributed by atoms with Crippen LogP contribution in [0.4, 0.5) is 0 Å². The third-order valence-electron chi connectivity index (χ3n) is 5.80. The first-order chi connectivity index (χ1) is 12.9. The highest BCUT2D eigenvalue weighted by Gasteiger charge is 2.35. The summed E-state index contributed by atoms with van der Waals surface area (Å²) >= 11 is 0. The van der Waals surface area contributed by atoms with Gasteiger partial charge in [-0.05, 0) is 64.7 Å². The quantitative estimate of drug-likeness (QED) is 0.660.